The first-order valence-corrected chi connectivity index (χ1v) is 13.1. The summed E-state index contributed by atoms with van der Waals surface area (Å²) in [6.45, 7) is 7.62. The first-order valence-electron chi connectivity index (χ1n) is 12.3. The molecular weight excluding hydrogens is 464 g/mol. The number of H-pyrrole nitrogens is 1. The highest BCUT2D eigenvalue weighted by Crippen LogP contribution is 2.36. The molecule has 4 rings (SSSR count). The van der Waals surface area contributed by atoms with Crippen LogP contribution in [0, 0.1) is 5.92 Å². The minimum Gasteiger partial charge on any atom is -0.383 e. The van der Waals surface area contributed by atoms with Gasteiger partial charge in [-0.25, -0.2) is 9.78 Å². The first kappa shape index (κ1) is 25.1. The number of nitrogens with zero attached hydrogens (tertiary/aromatic N) is 4. The quantitative estimate of drug-likeness (QED) is 0.467. The Hall–Kier alpha value is -2.98. The number of carbonyl (C=O) groups excluding carboxylic acids is 1. The number of nitrogen functional groups attached to an aromatic ring is 1. The highest BCUT2D eigenvalue weighted by Gasteiger charge is 2.33. The molecule has 1 amide bonds. The van der Waals surface area contributed by atoms with Gasteiger partial charge in [0.25, 0.3) is 5.56 Å². The number of hydrogen-bond acceptors (Lipinski definition) is 7. The zero-order valence-corrected chi connectivity index (χ0v) is 21.4. The number of aromatic nitrogens is 3. The van der Waals surface area contributed by atoms with E-state index in [-0.39, 0.29) is 35.9 Å². The summed E-state index contributed by atoms with van der Waals surface area (Å²) in [4.78, 5) is 49.7. The van der Waals surface area contributed by atoms with E-state index in [0.717, 1.165) is 47.5 Å². The lowest BCUT2D eigenvalue weighted by Gasteiger charge is -2.28. The minimum absolute atomic E-state index is 0.0426. The number of nitrogens with one attached hydrogen (secondary N) is 1. The van der Waals surface area contributed by atoms with Crippen LogP contribution in [0.5, 0.6) is 0 Å². The molecule has 3 heterocycles. The van der Waals surface area contributed by atoms with E-state index in [1.807, 2.05) is 39.0 Å². The van der Waals surface area contributed by atoms with Gasteiger partial charge in [0.2, 0.25) is 5.91 Å². The van der Waals surface area contributed by atoms with Crippen LogP contribution in [0.2, 0.25) is 0 Å². The second-order valence-corrected chi connectivity index (χ2v) is 10.6. The van der Waals surface area contributed by atoms with E-state index >= 15 is 0 Å². The monoisotopic (exact) mass is 498 g/mol. The van der Waals surface area contributed by atoms with Gasteiger partial charge in [-0.1, -0.05) is 39.3 Å². The second kappa shape index (κ2) is 10.7. The van der Waals surface area contributed by atoms with Gasteiger partial charge in [-0.2, -0.15) is 0 Å². The van der Waals surface area contributed by atoms with Crippen molar-refractivity contribution in [2.45, 2.75) is 59.0 Å². The molecule has 3 N–H and O–H groups in total. The average molecular weight is 499 g/mol. The van der Waals surface area contributed by atoms with Gasteiger partial charge in [-0.05, 0) is 43.9 Å². The number of thiazole rings is 1. The molecule has 35 heavy (non-hydrogen) atoms. The predicted molar refractivity (Wildman–Crippen MR) is 141 cm³/mol. The maximum absolute atomic E-state index is 13.6. The van der Waals surface area contributed by atoms with Crippen LogP contribution in [-0.2, 0) is 11.3 Å². The Labute approximate surface area is 208 Å². The van der Waals surface area contributed by atoms with Gasteiger partial charge < -0.3 is 10.6 Å². The van der Waals surface area contributed by atoms with Crippen molar-refractivity contribution in [2.24, 2.45) is 5.92 Å². The fourth-order valence-electron chi connectivity index (χ4n) is 4.65. The Balaban J connectivity index is 1.63. The summed E-state index contributed by atoms with van der Waals surface area (Å²) in [7, 11) is 0. The summed E-state index contributed by atoms with van der Waals surface area (Å²) >= 11 is 1.67. The number of benzene rings is 1. The topological polar surface area (TPSA) is 117 Å². The lowest BCUT2D eigenvalue weighted by molar-refractivity contribution is -0.120. The lowest BCUT2D eigenvalue weighted by atomic mass is 10.2. The van der Waals surface area contributed by atoms with E-state index in [0.29, 0.717) is 13.1 Å². The fourth-order valence-corrected chi connectivity index (χ4v) is 5.79. The van der Waals surface area contributed by atoms with Gasteiger partial charge in [0.15, 0.2) is 5.69 Å². The lowest BCUT2D eigenvalue weighted by Crippen LogP contribution is -2.45. The smallest absolute Gasteiger partial charge is 0.330 e. The molecule has 1 saturated heterocycles. The zero-order valence-electron chi connectivity index (χ0n) is 20.6. The first-order chi connectivity index (χ1) is 16.8. The number of rotatable bonds is 9. The Kier molecular flexibility index (Phi) is 7.71. The van der Waals surface area contributed by atoms with Gasteiger partial charge in [-0.15, -0.1) is 11.3 Å². The van der Waals surface area contributed by atoms with Crippen LogP contribution in [0.15, 0.2) is 33.9 Å². The molecule has 1 atom stereocenters. The van der Waals surface area contributed by atoms with Crippen LogP contribution in [0.25, 0.3) is 10.2 Å². The third kappa shape index (κ3) is 5.33. The molecule has 0 spiro atoms. The van der Waals surface area contributed by atoms with Crippen molar-refractivity contribution in [2.75, 3.05) is 30.3 Å². The minimum atomic E-state index is -0.624. The molecule has 0 aliphatic carbocycles. The van der Waals surface area contributed by atoms with E-state index in [1.54, 1.807) is 11.3 Å². The Morgan fingerprint density at radius 2 is 2.09 bits per heavy atom. The van der Waals surface area contributed by atoms with Crippen molar-refractivity contribution >= 4 is 39.0 Å². The molecule has 1 unspecified atom stereocenters. The van der Waals surface area contributed by atoms with Crippen molar-refractivity contribution in [3.8, 4) is 0 Å². The molecule has 1 aliphatic rings. The zero-order chi connectivity index (χ0) is 25.1. The summed E-state index contributed by atoms with van der Waals surface area (Å²) in [5, 5.41) is 1.01. The van der Waals surface area contributed by atoms with Gasteiger partial charge >= 0.3 is 5.69 Å². The van der Waals surface area contributed by atoms with Crippen LogP contribution in [0.1, 0.15) is 57.5 Å². The van der Waals surface area contributed by atoms with Crippen LogP contribution >= 0.6 is 11.3 Å². The number of nitrogens with two attached hydrogens (primary N) is 1. The Morgan fingerprint density at radius 1 is 1.31 bits per heavy atom. The van der Waals surface area contributed by atoms with Crippen LogP contribution in [-0.4, -0.2) is 45.0 Å². The van der Waals surface area contributed by atoms with Crippen LogP contribution in [0.3, 0.4) is 0 Å². The molecule has 0 radical (unpaired) electrons. The molecule has 9 nitrogen and oxygen atoms in total. The molecule has 2 aromatic heterocycles. The van der Waals surface area contributed by atoms with E-state index in [1.165, 1.54) is 9.47 Å². The van der Waals surface area contributed by atoms with Crippen molar-refractivity contribution in [1.82, 2.24) is 19.4 Å². The summed E-state index contributed by atoms with van der Waals surface area (Å²) in [5.74, 6) is -0.00725. The standard InChI is InChI=1S/C25H34N6O3S/c1-4-5-13-30(21-22(26)31(14-16(2)3)25(34)28-23(21)33)20(32)15-29-12-8-10-18(29)24-27-17-9-6-7-11-19(17)35-24/h6-7,9,11,16,18H,4-5,8,10,12-15,26H2,1-3H3,(H,28,33,34). The Bertz CT molecular complexity index is 1280. The van der Waals surface area contributed by atoms with Gasteiger partial charge in [-0.3, -0.25) is 24.0 Å². The molecule has 1 aliphatic heterocycles. The van der Waals surface area contributed by atoms with E-state index in [9.17, 15) is 14.4 Å². The number of fused-ring (bicyclic) bond motifs is 1. The summed E-state index contributed by atoms with van der Waals surface area (Å²) in [5.41, 5.74) is 6.21. The molecule has 0 bridgehead atoms. The second-order valence-electron chi connectivity index (χ2n) is 9.54. The van der Waals surface area contributed by atoms with E-state index in [4.69, 9.17) is 10.7 Å². The molecule has 188 valence electrons. The predicted octanol–water partition coefficient (Wildman–Crippen LogP) is 3.35. The van der Waals surface area contributed by atoms with Crippen molar-refractivity contribution in [3.05, 3.63) is 50.1 Å². The maximum Gasteiger partial charge on any atom is 0.330 e. The highest BCUT2D eigenvalue weighted by atomic mass is 32.1. The number of carbonyl (C=O) groups is 1. The molecule has 10 heteroatoms. The summed E-state index contributed by atoms with van der Waals surface area (Å²) in [6.07, 6.45) is 3.48. The third-order valence-electron chi connectivity index (χ3n) is 6.37. The van der Waals surface area contributed by atoms with Gasteiger partial charge in [0, 0.05) is 13.1 Å². The van der Waals surface area contributed by atoms with Crippen molar-refractivity contribution in [3.63, 3.8) is 0 Å². The number of amides is 1. The normalized spacial score (nSPS) is 16.4. The van der Waals surface area contributed by atoms with Crippen LogP contribution < -0.4 is 21.9 Å². The maximum atomic E-state index is 13.6. The summed E-state index contributed by atoms with van der Waals surface area (Å²) < 4.78 is 2.49. The van der Waals surface area contributed by atoms with E-state index in [2.05, 4.69) is 16.0 Å². The number of likely N-dealkylation sites (tertiary alicyclic amines) is 1. The van der Waals surface area contributed by atoms with E-state index < -0.39 is 11.2 Å². The molecule has 3 aromatic rings. The third-order valence-corrected chi connectivity index (χ3v) is 7.50. The average Bonchev–Trinajstić information content (AvgIpc) is 3.44. The van der Waals surface area contributed by atoms with Gasteiger partial charge in [0.05, 0.1) is 22.8 Å². The SMILES string of the molecule is CCCCN(C(=O)CN1CCCC1c1nc2ccccc2s1)c1c(N)n(CC(C)C)c(=O)[nH]c1=O. The number of aromatic amines is 1. The van der Waals surface area contributed by atoms with Crippen molar-refractivity contribution in [1.29, 1.82) is 0 Å². The number of para-hydroxylation sites is 1. The molecule has 1 fully saturated rings. The van der Waals surface area contributed by atoms with Crippen molar-refractivity contribution < 1.29 is 4.79 Å². The largest absolute Gasteiger partial charge is 0.383 e. The van der Waals surface area contributed by atoms with Gasteiger partial charge in [0.1, 0.15) is 10.8 Å². The number of anilines is 2. The van der Waals surface area contributed by atoms with Crippen LogP contribution in [0.4, 0.5) is 11.5 Å². The highest BCUT2D eigenvalue weighted by molar-refractivity contribution is 7.18. The number of hydrogen-bond donors (Lipinski definition) is 2. The summed E-state index contributed by atoms with van der Waals surface area (Å²) in [6, 6.07) is 8.12. The fraction of sp³-hybridized carbons (Fsp3) is 0.520. The molecule has 0 saturated carbocycles. The molecule has 1 aromatic carbocycles. The molecular formula is C25H34N6O3S. The number of unbranched alkanes of at least 4 members (excludes halogenated alkanes) is 1. The Morgan fingerprint density at radius 3 is 2.80 bits per heavy atom.